The molecule has 0 atom stereocenters. The highest BCUT2D eigenvalue weighted by Gasteiger charge is 2.36. The molecule has 1 amide bonds. The van der Waals surface area contributed by atoms with Crippen molar-refractivity contribution < 1.29 is 14.6 Å². The topological polar surface area (TPSA) is 49.8 Å². The van der Waals surface area contributed by atoms with E-state index in [1.54, 1.807) is 4.90 Å². The normalized spacial score (nSPS) is 17.5. The van der Waals surface area contributed by atoms with E-state index in [2.05, 4.69) is 19.9 Å². The Bertz CT molecular complexity index is 411. The Kier molecular flexibility index (Phi) is 5.14. The first kappa shape index (κ1) is 18.0. The maximum absolute atomic E-state index is 12.0. The fourth-order valence-corrected chi connectivity index (χ4v) is 2.15. The summed E-state index contributed by atoms with van der Waals surface area (Å²) in [5, 5.41) is 10.2. The second-order valence-electron chi connectivity index (χ2n) is 8.16. The van der Waals surface area contributed by atoms with Gasteiger partial charge in [-0.15, -0.1) is 0 Å². The average Bonchev–Trinajstić information content (AvgIpc) is 2.25. The summed E-state index contributed by atoms with van der Waals surface area (Å²) < 4.78 is 5.39. The van der Waals surface area contributed by atoms with Crippen molar-refractivity contribution in [3.63, 3.8) is 0 Å². The molecule has 0 bridgehead atoms. The molecule has 0 aromatic carbocycles. The molecule has 0 fully saturated rings. The SMILES string of the molecule is CC(C)(C)OC(=O)N1CC=C(CC(C)(C)C(C)(C)O)CC1. The molecule has 1 rings (SSSR count). The van der Waals surface area contributed by atoms with Crippen molar-refractivity contribution in [1.29, 1.82) is 0 Å². The molecule has 0 spiro atoms. The zero-order valence-electron chi connectivity index (χ0n) is 14.6. The van der Waals surface area contributed by atoms with Gasteiger partial charge in [0.25, 0.3) is 0 Å². The van der Waals surface area contributed by atoms with E-state index in [1.807, 2.05) is 34.6 Å². The molecule has 122 valence electrons. The van der Waals surface area contributed by atoms with Crippen LogP contribution in [0.25, 0.3) is 0 Å². The first-order valence-corrected chi connectivity index (χ1v) is 7.70. The van der Waals surface area contributed by atoms with Crippen LogP contribution < -0.4 is 0 Å². The van der Waals surface area contributed by atoms with Gasteiger partial charge in [0.1, 0.15) is 5.60 Å². The predicted molar refractivity (Wildman–Crippen MR) is 85.2 cm³/mol. The standard InChI is InChI=1S/C17H31NO3/c1-15(2,3)21-14(19)18-10-8-13(9-11-18)12-16(4,5)17(6,7)20/h8,20H,9-12H2,1-7H3. The lowest BCUT2D eigenvalue weighted by atomic mass is 9.72. The molecule has 0 radical (unpaired) electrons. The van der Waals surface area contributed by atoms with Crippen molar-refractivity contribution in [2.24, 2.45) is 5.41 Å². The lowest BCUT2D eigenvalue weighted by molar-refractivity contribution is -0.0352. The number of rotatable bonds is 3. The third kappa shape index (κ3) is 5.34. The van der Waals surface area contributed by atoms with Crippen molar-refractivity contribution in [3.05, 3.63) is 11.6 Å². The van der Waals surface area contributed by atoms with Gasteiger partial charge in [-0.1, -0.05) is 25.5 Å². The van der Waals surface area contributed by atoms with Crippen LogP contribution in [0.1, 0.15) is 61.3 Å². The summed E-state index contributed by atoms with van der Waals surface area (Å²) in [5.41, 5.74) is -0.0607. The van der Waals surface area contributed by atoms with Gasteiger partial charge < -0.3 is 14.7 Å². The van der Waals surface area contributed by atoms with Crippen molar-refractivity contribution in [2.75, 3.05) is 13.1 Å². The fraction of sp³-hybridized carbons (Fsp3) is 0.824. The number of nitrogens with zero attached hydrogens (tertiary/aromatic N) is 1. The molecule has 4 nitrogen and oxygen atoms in total. The summed E-state index contributed by atoms with van der Waals surface area (Å²) in [4.78, 5) is 13.7. The Labute approximate surface area is 129 Å². The van der Waals surface area contributed by atoms with E-state index in [1.165, 1.54) is 5.57 Å². The Hall–Kier alpha value is -1.03. The molecule has 1 N–H and O–H groups in total. The summed E-state index contributed by atoms with van der Waals surface area (Å²) >= 11 is 0. The minimum absolute atomic E-state index is 0.188. The lowest BCUT2D eigenvalue weighted by Crippen LogP contribution is -2.41. The highest BCUT2D eigenvalue weighted by molar-refractivity contribution is 5.68. The Morgan fingerprint density at radius 2 is 1.81 bits per heavy atom. The zero-order valence-corrected chi connectivity index (χ0v) is 14.6. The van der Waals surface area contributed by atoms with Gasteiger partial charge in [0.15, 0.2) is 0 Å². The van der Waals surface area contributed by atoms with E-state index in [-0.39, 0.29) is 11.5 Å². The first-order valence-electron chi connectivity index (χ1n) is 7.70. The van der Waals surface area contributed by atoms with Gasteiger partial charge >= 0.3 is 6.09 Å². The molecule has 0 aromatic heterocycles. The van der Waals surface area contributed by atoms with Gasteiger partial charge in [0.05, 0.1) is 5.60 Å². The number of hydrogen-bond acceptors (Lipinski definition) is 3. The minimum Gasteiger partial charge on any atom is -0.444 e. The highest BCUT2D eigenvalue weighted by atomic mass is 16.6. The third-order valence-corrected chi connectivity index (χ3v) is 4.28. The van der Waals surface area contributed by atoms with E-state index in [9.17, 15) is 9.90 Å². The number of ether oxygens (including phenoxy) is 1. The molecule has 0 aromatic rings. The summed E-state index contributed by atoms with van der Waals surface area (Å²) in [6, 6.07) is 0. The molecule has 1 aliphatic rings. The van der Waals surface area contributed by atoms with E-state index in [0.29, 0.717) is 13.1 Å². The van der Waals surface area contributed by atoms with Gasteiger partial charge in [-0.3, -0.25) is 0 Å². The van der Waals surface area contributed by atoms with Crippen molar-refractivity contribution in [1.82, 2.24) is 4.90 Å². The molecular formula is C17H31NO3. The van der Waals surface area contributed by atoms with E-state index in [4.69, 9.17) is 4.74 Å². The van der Waals surface area contributed by atoms with E-state index < -0.39 is 11.2 Å². The van der Waals surface area contributed by atoms with Crippen LogP contribution in [0.4, 0.5) is 4.79 Å². The minimum atomic E-state index is -0.726. The maximum atomic E-state index is 12.0. The summed E-state index contributed by atoms with van der Waals surface area (Å²) in [6.45, 7) is 14.8. The fourth-order valence-electron chi connectivity index (χ4n) is 2.15. The van der Waals surface area contributed by atoms with Crippen LogP contribution in [-0.2, 0) is 4.74 Å². The van der Waals surface area contributed by atoms with Crippen LogP contribution in [-0.4, -0.2) is 40.4 Å². The van der Waals surface area contributed by atoms with Crippen molar-refractivity contribution in [2.45, 2.75) is 72.5 Å². The summed E-state index contributed by atoms with van der Waals surface area (Å²) in [7, 11) is 0. The van der Waals surface area contributed by atoms with Crippen LogP contribution in [0.5, 0.6) is 0 Å². The number of hydrogen-bond donors (Lipinski definition) is 1. The van der Waals surface area contributed by atoms with Crippen LogP contribution in [0.2, 0.25) is 0 Å². The van der Waals surface area contributed by atoms with Gasteiger partial charge in [0.2, 0.25) is 0 Å². The second-order valence-corrected chi connectivity index (χ2v) is 8.16. The van der Waals surface area contributed by atoms with Crippen LogP contribution in [0.15, 0.2) is 11.6 Å². The smallest absolute Gasteiger partial charge is 0.410 e. The molecule has 1 heterocycles. The number of amides is 1. The molecule has 0 saturated heterocycles. The Morgan fingerprint density at radius 3 is 2.19 bits per heavy atom. The molecule has 0 unspecified atom stereocenters. The summed E-state index contributed by atoms with van der Waals surface area (Å²) in [5.74, 6) is 0. The monoisotopic (exact) mass is 297 g/mol. The van der Waals surface area contributed by atoms with Crippen LogP contribution >= 0.6 is 0 Å². The van der Waals surface area contributed by atoms with Gasteiger partial charge in [-0.05, 0) is 52.9 Å². The van der Waals surface area contributed by atoms with Crippen LogP contribution in [0.3, 0.4) is 0 Å². The molecule has 21 heavy (non-hydrogen) atoms. The second kappa shape index (κ2) is 5.99. The Balaban J connectivity index is 2.61. The largest absolute Gasteiger partial charge is 0.444 e. The van der Waals surface area contributed by atoms with E-state index >= 15 is 0 Å². The lowest BCUT2D eigenvalue weighted by Gasteiger charge is -2.39. The quantitative estimate of drug-likeness (QED) is 0.807. The zero-order chi connectivity index (χ0) is 16.5. The molecular weight excluding hydrogens is 266 g/mol. The van der Waals surface area contributed by atoms with Crippen molar-refractivity contribution >= 4 is 6.09 Å². The summed E-state index contributed by atoms with van der Waals surface area (Å²) in [6.07, 6.45) is 3.54. The molecule has 0 saturated carbocycles. The van der Waals surface area contributed by atoms with E-state index in [0.717, 1.165) is 12.8 Å². The molecule has 1 aliphatic heterocycles. The number of aliphatic hydroxyl groups is 1. The first-order chi connectivity index (χ1) is 9.32. The van der Waals surface area contributed by atoms with Gasteiger partial charge in [0, 0.05) is 13.1 Å². The van der Waals surface area contributed by atoms with Crippen LogP contribution in [0, 0.1) is 5.41 Å². The maximum Gasteiger partial charge on any atom is 0.410 e. The van der Waals surface area contributed by atoms with Gasteiger partial charge in [-0.25, -0.2) is 4.79 Å². The highest BCUT2D eigenvalue weighted by Crippen LogP contribution is 2.38. The number of carbonyl (C=O) groups excluding carboxylic acids is 1. The predicted octanol–water partition coefficient (Wildman–Crippen LogP) is 3.74. The molecule has 0 aliphatic carbocycles. The van der Waals surface area contributed by atoms with Crippen molar-refractivity contribution in [3.8, 4) is 0 Å². The third-order valence-electron chi connectivity index (χ3n) is 4.28. The Morgan fingerprint density at radius 1 is 1.24 bits per heavy atom. The molecule has 4 heteroatoms. The van der Waals surface area contributed by atoms with Gasteiger partial charge in [-0.2, -0.15) is 0 Å². The number of carbonyl (C=O) groups is 1. The average molecular weight is 297 g/mol.